The van der Waals surface area contributed by atoms with Gasteiger partial charge in [0.2, 0.25) is 5.13 Å². The summed E-state index contributed by atoms with van der Waals surface area (Å²) in [4.78, 5) is 19.6. The second-order valence-electron chi connectivity index (χ2n) is 6.87. The van der Waals surface area contributed by atoms with Gasteiger partial charge >= 0.3 is 5.97 Å². The standard InChI is InChI=1S/C23H22N6O2S2/c1-4-29(5-2)18-12-10-17(11-13-18)26-25-15-6-8-16(9-7-15)27-28-23-24-21-19(33-23)14-20(32-21)22(30)31-3/h6-14H,4-5H2,1-3H3. The topological polar surface area (TPSA) is 91.9 Å². The maximum atomic E-state index is 11.6. The Morgan fingerprint density at radius 2 is 1.42 bits per heavy atom. The zero-order valence-corrected chi connectivity index (χ0v) is 20.1. The molecule has 168 valence electrons. The molecule has 0 amide bonds. The summed E-state index contributed by atoms with van der Waals surface area (Å²) in [5.41, 5.74) is 3.39. The summed E-state index contributed by atoms with van der Waals surface area (Å²) in [6.07, 6.45) is 0. The summed E-state index contributed by atoms with van der Waals surface area (Å²) < 4.78 is 5.62. The van der Waals surface area contributed by atoms with Crippen LogP contribution in [0.3, 0.4) is 0 Å². The summed E-state index contributed by atoms with van der Waals surface area (Å²) >= 11 is 2.65. The Morgan fingerprint density at radius 3 is 1.94 bits per heavy atom. The molecule has 2 aromatic heterocycles. The first-order valence-corrected chi connectivity index (χ1v) is 12.0. The maximum absolute atomic E-state index is 11.6. The van der Waals surface area contributed by atoms with Crippen molar-refractivity contribution in [2.24, 2.45) is 20.5 Å². The lowest BCUT2D eigenvalue weighted by Gasteiger charge is -2.20. The third-order valence-corrected chi connectivity index (χ3v) is 6.85. The van der Waals surface area contributed by atoms with Gasteiger partial charge in [-0.2, -0.15) is 10.2 Å². The van der Waals surface area contributed by atoms with Gasteiger partial charge in [-0.15, -0.1) is 21.6 Å². The van der Waals surface area contributed by atoms with Crippen molar-refractivity contribution in [2.45, 2.75) is 13.8 Å². The fourth-order valence-electron chi connectivity index (χ4n) is 3.09. The summed E-state index contributed by atoms with van der Waals surface area (Å²) in [6, 6.07) is 17.1. The molecule has 0 saturated carbocycles. The minimum absolute atomic E-state index is 0.359. The van der Waals surface area contributed by atoms with Crippen LogP contribution in [-0.4, -0.2) is 31.2 Å². The van der Waals surface area contributed by atoms with Gasteiger partial charge in [-0.05, 0) is 68.4 Å². The molecular weight excluding hydrogens is 456 g/mol. The molecule has 0 bridgehead atoms. The smallest absolute Gasteiger partial charge is 0.348 e. The largest absolute Gasteiger partial charge is 0.465 e. The van der Waals surface area contributed by atoms with Gasteiger partial charge in [0.05, 0.1) is 28.9 Å². The van der Waals surface area contributed by atoms with Crippen molar-refractivity contribution in [3.05, 3.63) is 59.5 Å². The van der Waals surface area contributed by atoms with E-state index in [0.29, 0.717) is 15.7 Å². The van der Waals surface area contributed by atoms with E-state index in [4.69, 9.17) is 4.74 Å². The van der Waals surface area contributed by atoms with Crippen LogP contribution in [0.4, 0.5) is 27.9 Å². The fraction of sp³-hybridized carbons (Fsp3) is 0.217. The van der Waals surface area contributed by atoms with Crippen molar-refractivity contribution in [1.29, 1.82) is 0 Å². The number of thiazole rings is 1. The first kappa shape index (κ1) is 22.7. The van der Waals surface area contributed by atoms with E-state index in [-0.39, 0.29) is 5.97 Å². The summed E-state index contributed by atoms with van der Waals surface area (Å²) in [5.74, 6) is -0.359. The molecule has 4 aromatic rings. The van der Waals surface area contributed by atoms with Gasteiger partial charge in [0, 0.05) is 18.8 Å². The number of carbonyl (C=O) groups excluding carboxylic acids is 1. The first-order valence-electron chi connectivity index (χ1n) is 10.4. The molecule has 0 fully saturated rings. The maximum Gasteiger partial charge on any atom is 0.348 e. The number of hydrogen-bond acceptors (Lipinski definition) is 10. The van der Waals surface area contributed by atoms with E-state index in [1.165, 1.54) is 35.5 Å². The van der Waals surface area contributed by atoms with Gasteiger partial charge in [-0.1, -0.05) is 11.3 Å². The van der Waals surface area contributed by atoms with Gasteiger partial charge < -0.3 is 9.64 Å². The molecule has 0 aliphatic heterocycles. The van der Waals surface area contributed by atoms with Gasteiger partial charge in [0.1, 0.15) is 9.71 Å². The van der Waals surface area contributed by atoms with Crippen molar-refractivity contribution in [1.82, 2.24) is 4.98 Å². The SMILES string of the molecule is CCN(CC)c1ccc(N=Nc2ccc(N=Nc3nc4sc(C(=O)OC)cc4s3)cc2)cc1. The molecule has 0 atom stereocenters. The fourth-order valence-corrected chi connectivity index (χ4v) is 5.04. The molecule has 33 heavy (non-hydrogen) atoms. The average Bonchev–Trinajstić information content (AvgIpc) is 3.42. The van der Waals surface area contributed by atoms with Crippen LogP contribution < -0.4 is 4.90 Å². The zero-order valence-electron chi connectivity index (χ0n) is 18.4. The zero-order chi connectivity index (χ0) is 23.2. The highest BCUT2D eigenvalue weighted by molar-refractivity contribution is 7.29. The summed E-state index contributed by atoms with van der Waals surface area (Å²) in [6.45, 7) is 6.22. The number of rotatable bonds is 8. The quantitative estimate of drug-likeness (QED) is 0.191. The molecule has 0 aliphatic rings. The number of anilines is 1. The third-order valence-electron chi connectivity index (χ3n) is 4.82. The van der Waals surface area contributed by atoms with Crippen molar-refractivity contribution >= 4 is 66.1 Å². The van der Waals surface area contributed by atoms with Crippen LogP contribution >= 0.6 is 22.7 Å². The van der Waals surface area contributed by atoms with Crippen LogP contribution in [0.5, 0.6) is 0 Å². The Labute approximate surface area is 199 Å². The van der Waals surface area contributed by atoms with E-state index in [1.807, 2.05) is 36.4 Å². The number of thiophene rings is 1. The minimum Gasteiger partial charge on any atom is -0.465 e. The second kappa shape index (κ2) is 10.4. The van der Waals surface area contributed by atoms with E-state index < -0.39 is 0 Å². The minimum atomic E-state index is -0.359. The number of aromatic nitrogens is 1. The molecule has 4 rings (SSSR count). The molecule has 0 radical (unpaired) electrons. The molecule has 10 heteroatoms. The van der Waals surface area contributed by atoms with E-state index >= 15 is 0 Å². The Kier molecular flexibility index (Phi) is 7.16. The molecule has 8 nitrogen and oxygen atoms in total. The lowest BCUT2D eigenvalue weighted by molar-refractivity contribution is 0.0606. The highest BCUT2D eigenvalue weighted by Gasteiger charge is 2.14. The van der Waals surface area contributed by atoms with Gasteiger partial charge in [-0.3, -0.25) is 0 Å². The number of nitrogens with zero attached hydrogens (tertiary/aromatic N) is 6. The van der Waals surface area contributed by atoms with E-state index in [2.05, 4.69) is 56.3 Å². The van der Waals surface area contributed by atoms with Crippen LogP contribution in [0.1, 0.15) is 23.5 Å². The second-order valence-corrected chi connectivity index (χ2v) is 8.91. The summed E-state index contributed by atoms with van der Waals surface area (Å²) in [7, 11) is 1.36. The van der Waals surface area contributed by atoms with Crippen LogP contribution in [0.15, 0.2) is 75.1 Å². The van der Waals surface area contributed by atoms with Crippen molar-refractivity contribution < 1.29 is 9.53 Å². The highest BCUT2D eigenvalue weighted by Crippen LogP contribution is 2.35. The average molecular weight is 479 g/mol. The van der Waals surface area contributed by atoms with Gasteiger partial charge in [0.25, 0.3) is 0 Å². The molecule has 0 unspecified atom stereocenters. The Balaban J connectivity index is 1.39. The van der Waals surface area contributed by atoms with E-state index in [9.17, 15) is 4.79 Å². The van der Waals surface area contributed by atoms with Crippen LogP contribution in [0.2, 0.25) is 0 Å². The third kappa shape index (κ3) is 5.47. The van der Waals surface area contributed by atoms with E-state index in [1.54, 1.807) is 6.07 Å². The van der Waals surface area contributed by atoms with E-state index in [0.717, 1.165) is 34.0 Å². The van der Waals surface area contributed by atoms with Crippen LogP contribution in [0.25, 0.3) is 9.53 Å². The molecule has 0 spiro atoms. The molecule has 2 aromatic carbocycles. The molecule has 0 saturated heterocycles. The van der Waals surface area contributed by atoms with Crippen molar-refractivity contribution in [3.8, 4) is 0 Å². The number of esters is 1. The number of fused-ring (bicyclic) bond motifs is 1. The number of carbonyl (C=O) groups is 1. The Bertz CT molecular complexity index is 1260. The molecule has 0 N–H and O–H groups in total. The number of benzene rings is 2. The lowest BCUT2D eigenvalue weighted by atomic mass is 10.2. The normalized spacial score (nSPS) is 11.6. The number of azo groups is 2. The number of methoxy groups -OCH3 is 1. The van der Waals surface area contributed by atoms with Crippen molar-refractivity contribution in [2.75, 3.05) is 25.1 Å². The monoisotopic (exact) mass is 478 g/mol. The van der Waals surface area contributed by atoms with Gasteiger partial charge in [0.15, 0.2) is 0 Å². The number of ether oxygens (including phenoxy) is 1. The van der Waals surface area contributed by atoms with Crippen LogP contribution in [0, 0.1) is 0 Å². The Hall–Kier alpha value is -3.50. The highest BCUT2D eigenvalue weighted by atomic mass is 32.1. The lowest BCUT2D eigenvalue weighted by Crippen LogP contribution is -2.21. The van der Waals surface area contributed by atoms with Gasteiger partial charge in [-0.25, -0.2) is 9.78 Å². The first-order chi connectivity index (χ1) is 16.1. The van der Waals surface area contributed by atoms with Crippen molar-refractivity contribution in [3.63, 3.8) is 0 Å². The molecular formula is C23H22N6O2S2. The molecule has 2 heterocycles. The summed E-state index contributed by atoms with van der Waals surface area (Å²) in [5, 5.41) is 17.6. The number of hydrogen-bond donors (Lipinski definition) is 0. The molecule has 0 aliphatic carbocycles. The van der Waals surface area contributed by atoms with Crippen LogP contribution in [-0.2, 0) is 4.74 Å². The Morgan fingerprint density at radius 1 is 0.879 bits per heavy atom. The predicted octanol–water partition coefficient (Wildman–Crippen LogP) is 7.82. The predicted molar refractivity (Wildman–Crippen MR) is 134 cm³/mol.